The number of hydrogen-bond acceptors (Lipinski definition) is 11. The number of carbonyl (C=O) groups excluding carboxylic acids is 1. The standard InChI is InChI=1S/C38H32N8O5S/c1-22-4-10-28(11-5-22)41-42-29-12-14-30(15-13-29)43-44-33-18-24(3)34(19-23(33)2)45-46-36-35(52(49,50)51)21-26-20-31(16-17-32(26)37(36)47)40-38(48)25-6-8-27(39)9-7-25/h4-21,47H,39H2,1-3H3,(H,40,48)(H,49,50,51). The lowest BCUT2D eigenvalue weighted by Gasteiger charge is -2.11. The number of nitrogen functional groups attached to an aromatic ring is 1. The molecular formula is C38H32N8O5S. The minimum absolute atomic E-state index is 0.220. The van der Waals surface area contributed by atoms with Gasteiger partial charge >= 0.3 is 0 Å². The Bertz CT molecular complexity index is 2520. The third kappa shape index (κ3) is 8.21. The Kier molecular flexibility index (Phi) is 9.94. The Morgan fingerprint density at radius 3 is 1.73 bits per heavy atom. The van der Waals surface area contributed by atoms with Crippen LogP contribution in [-0.4, -0.2) is 24.0 Å². The number of anilines is 2. The van der Waals surface area contributed by atoms with Gasteiger partial charge in [-0.3, -0.25) is 9.35 Å². The summed E-state index contributed by atoms with van der Waals surface area (Å²) in [5.41, 5.74) is 11.9. The van der Waals surface area contributed by atoms with Crippen molar-refractivity contribution in [1.82, 2.24) is 0 Å². The van der Waals surface area contributed by atoms with Crippen molar-refractivity contribution in [2.24, 2.45) is 30.7 Å². The van der Waals surface area contributed by atoms with Gasteiger partial charge in [0.15, 0.2) is 5.75 Å². The normalized spacial score (nSPS) is 12.0. The van der Waals surface area contributed by atoms with Crippen LogP contribution in [-0.2, 0) is 10.1 Å². The monoisotopic (exact) mass is 712 g/mol. The lowest BCUT2D eigenvalue weighted by atomic mass is 10.1. The third-order valence-corrected chi connectivity index (χ3v) is 8.84. The number of nitrogens with zero attached hydrogens (tertiary/aromatic N) is 6. The number of aromatic hydroxyl groups is 1. The number of aryl methyl sites for hydroxylation is 3. The molecule has 52 heavy (non-hydrogen) atoms. The molecule has 0 aliphatic heterocycles. The van der Waals surface area contributed by atoms with Gasteiger partial charge in [-0.25, -0.2) is 0 Å². The number of benzene rings is 6. The maximum Gasteiger partial charge on any atom is 0.296 e. The number of rotatable bonds is 9. The highest BCUT2D eigenvalue weighted by molar-refractivity contribution is 7.86. The first-order valence-electron chi connectivity index (χ1n) is 15.8. The first kappa shape index (κ1) is 35.2. The summed E-state index contributed by atoms with van der Waals surface area (Å²) >= 11 is 0. The van der Waals surface area contributed by atoms with Crippen molar-refractivity contribution in [2.75, 3.05) is 11.1 Å². The summed E-state index contributed by atoms with van der Waals surface area (Å²) in [6.45, 7) is 5.58. The number of azo groups is 3. The van der Waals surface area contributed by atoms with E-state index in [1.807, 2.05) is 38.1 Å². The molecule has 0 unspecified atom stereocenters. The maximum absolute atomic E-state index is 12.7. The van der Waals surface area contributed by atoms with Crippen molar-refractivity contribution in [3.8, 4) is 5.75 Å². The van der Waals surface area contributed by atoms with E-state index in [1.165, 1.54) is 18.2 Å². The molecule has 14 heteroatoms. The Labute approximate surface area is 299 Å². The Balaban J connectivity index is 1.22. The molecule has 0 aliphatic carbocycles. The minimum atomic E-state index is -4.87. The van der Waals surface area contributed by atoms with Crippen LogP contribution < -0.4 is 11.1 Å². The summed E-state index contributed by atoms with van der Waals surface area (Å²) in [7, 11) is -4.87. The van der Waals surface area contributed by atoms with Gasteiger partial charge in [0.25, 0.3) is 16.0 Å². The van der Waals surface area contributed by atoms with Crippen LogP contribution in [0.2, 0.25) is 0 Å². The maximum atomic E-state index is 12.7. The molecule has 0 heterocycles. The fraction of sp³-hybridized carbons (Fsp3) is 0.0789. The number of phenolic OH excluding ortho intramolecular Hbond substituents is 1. The molecular weight excluding hydrogens is 681 g/mol. The molecule has 0 saturated heterocycles. The number of nitrogens with two attached hydrogens (primary N) is 1. The van der Waals surface area contributed by atoms with E-state index in [0.717, 1.165) is 17.3 Å². The molecule has 0 aliphatic rings. The number of phenols is 1. The SMILES string of the molecule is Cc1ccc(N=Nc2ccc(N=Nc3cc(C)c(N=Nc4c(S(=O)(=O)O)cc5cc(NC(=O)c6ccc(N)cc6)ccc5c4O)cc3C)cc2)cc1. The van der Waals surface area contributed by atoms with E-state index < -0.39 is 32.4 Å². The van der Waals surface area contributed by atoms with Crippen LogP contribution in [0, 0.1) is 20.8 Å². The summed E-state index contributed by atoms with van der Waals surface area (Å²) in [5, 5.41) is 39.8. The summed E-state index contributed by atoms with van der Waals surface area (Å²) in [6.07, 6.45) is 0. The fourth-order valence-corrected chi connectivity index (χ4v) is 5.75. The van der Waals surface area contributed by atoms with Crippen molar-refractivity contribution in [3.63, 3.8) is 0 Å². The lowest BCUT2D eigenvalue weighted by Crippen LogP contribution is -2.11. The average Bonchev–Trinajstić information content (AvgIpc) is 3.11. The minimum Gasteiger partial charge on any atom is -0.505 e. The molecule has 5 N–H and O–H groups in total. The molecule has 0 saturated carbocycles. The van der Waals surface area contributed by atoms with Gasteiger partial charge in [0.05, 0.1) is 28.4 Å². The van der Waals surface area contributed by atoms with Crippen LogP contribution in [0.3, 0.4) is 0 Å². The molecule has 6 rings (SSSR count). The first-order chi connectivity index (χ1) is 24.8. The van der Waals surface area contributed by atoms with Gasteiger partial charge in [-0.1, -0.05) is 17.7 Å². The number of amides is 1. The summed E-state index contributed by atoms with van der Waals surface area (Å²) < 4.78 is 35.0. The highest BCUT2D eigenvalue weighted by Crippen LogP contribution is 2.42. The fourth-order valence-electron chi connectivity index (χ4n) is 5.09. The van der Waals surface area contributed by atoms with Crippen LogP contribution >= 0.6 is 0 Å². The largest absolute Gasteiger partial charge is 0.505 e. The molecule has 0 spiro atoms. The molecule has 0 aromatic heterocycles. The Morgan fingerprint density at radius 1 is 0.654 bits per heavy atom. The molecule has 0 bridgehead atoms. The van der Waals surface area contributed by atoms with Gasteiger partial charge in [-0.15, -0.1) is 5.11 Å². The van der Waals surface area contributed by atoms with Crippen LogP contribution in [0.15, 0.2) is 145 Å². The summed E-state index contributed by atoms with van der Waals surface area (Å²) in [6, 6.07) is 30.3. The molecule has 13 nitrogen and oxygen atoms in total. The molecule has 0 fully saturated rings. The smallest absolute Gasteiger partial charge is 0.296 e. The second kappa shape index (κ2) is 14.7. The van der Waals surface area contributed by atoms with E-state index in [-0.39, 0.29) is 10.8 Å². The zero-order valence-corrected chi connectivity index (χ0v) is 29.0. The molecule has 260 valence electrons. The predicted molar refractivity (Wildman–Crippen MR) is 200 cm³/mol. The Hall–Kier alpha value is -6.64. The number of hydrogen-bond donors (Lipinski definition) is 4. The van der Waals surface area contributed by atoms with Gasteiger partial charge in [-0.2, -0.15) is 34.0 Å². The second-order valence-electron chi connectivity index (χ2n) is 11.9. The van der Waals surface area contributed by atoms with Gasteiger partial charge in [-0.05, 0) is 134 Å². The predicted octanol–water partition coefficient (Wildman–Crippen LogP) is 10.8. The van der Waals surface area contributed by atoms with Gasteiger partial charge in [0, 0.05) is 22.3 Å². The quantitative estimate of drug-likeness (QED) is 0.0651. The van der Waals surface area contributed by atoms with E-state index in [9.17, 15) is 22.9 Å². The molecule has 0 radical (unpaired) electrons. The zero-order chi connectivity index (χ0) is 37.0. The van der Waals surface area contributed by atoms with Crippen LogP contribution in [0.4, 0.5) is 45.5 Å². The highest BCUT2D eigenvalue weighted by Gasteiger charge is 2.22. The van der Waals surface area contributed by atoms with E-state index in [0.29, 0.717) is 50.8 Å². The van der Waals surface area contributed by atoms with Gasteiger partial charge in [0.1, 0.15) is 10.6 Å². The van der Waals surface area contributed by atoms with E-state index in [4.69, 9.17) is 5.73 Å². The van der Waals surface area contributed by atoms with Crippen LogP contribution in [0.5, 0.6) is 5.75 Å². The number of nitrogens with one attached hydrogen (secondary N) is 1. The first-order valence-corrected chi connectivity index (χ1v) is 17.3. The number of fused-ring (bicyclic) bond motifs is 1. The lowest BCUT2D eigenvalue weighted by molar-refractivity contribution is 0.102. The van der Waals surface area contributed by atoms with Crippen molar-refractivity contribution in [1.29, 1.82) is 0 Å². The van der Waals surface area contributed by atoms with Crippen molar-refractivity contribution in [2.45, 2.75) is 25.7 Å². The second-order valence-corrected chi connectivity index (χ2v) is 13.3. The molecule has 6 aromatic rings. The van der Waals surface area contributed by atoms with Crippen LogP contribution in [0.1, 0.15) is 27.0 Å². The van der Waals surface area contributed by atoms with Crippen LogP contribution in [0.25, 0.3) is 10.8 Å². The van der Waals surface area contributed by atoms with Gasteiger partial charge in [0.2, 0.25) is 0 Å². The summed E-state index contributed by atoms with van der Waals surface area (Å²) in [5.74, 6) is -0.943. The third-order valence-electron chi connectivity index (χ3n) is 7.97. The molecule has 6 aromatic carbocycles. The van der Waals surface area contributed by atoms with E-state index in [2.05, 4.69) is 36.0 Å². The summed E-state index contributed by atoms with van der Waals surface area (Å²) in [4.78, 5) is 12.0. The zero-order valence-electron chi connectivity index (χ0n) is 28.2. The number of carbonyl (C=O) groups is 1. The molecule has 0 atom stereocenters. The van der Waals surface area contributed by atoms with Crippen molar-refractivity contribution < 1.29 is 22.9 Å². The van der Waals surface area contributed by atoms with Crippen molar-refractivity contribution >= 4 is 72.3 Å². The Morgan fingerprint density at radius 2 is 1.17 bits per heavy atom. The highest BCUT2D eigenvalue weighted by atomic mass is 32.2. The van der Waals surface area contributed by atoms with E-state index >= 15 is 0 Å². The van der Waals surface area contributed by atoms with Crippen molar-refractivity contribution in [3.05, 3.63) is 131 Å². The average molecular weight is 713 g/mol. The van der Waals surface area contributed by atoms with E-state index in [1.54, 1.807) is 67.6 Å². The molecule has 1 amide bonds. The topological polar surface area (TPSA) is 204 Å². The van der Waals surface area contributed by atoms with Gasteiger partial charge < -0.3 is 16.2 Å².